The summed E-state index contributed by atoms with van der Waals surface area (Å²) in [5.41, 5.74) is 1.71. The molecule has 1 aliphatic rings. The van der Waals surface area contributed by atoms with Crippen molar-refractivity contribution < 1.29 is 10.2 Å². The quantitative estimate of drug-likeness (QED) is 0.686. The highest BCUT2D eigenvalue weighted by Gasteiger charge is 2.22. The van der Waals surface area contributed by atoms with Crippen molar-refractivity contribution in [2.45, 2.75) is 12.6 Å². The van der Waals surface area contributed by atoms with Gasteiger partial charge in [-0.25, -0.2) is 0 Å². The Labute approximate surface area is 89.4 Å². The third-order valence-electron chi connectivity index (χ3n) is 2.46. The lowest BCUT2D eigenvalue weighted by molar-refractivity contribution is 0.106. The lowest BCUT2D eigenvalue weighted by atomic mass is 9.97. The van der Waals surface area contributed by atoms with Gasteiger partial charge in [-0.3, -0.25) is 4.90 Å². The average Bonchev–Trinajstić information content (AvgIpc) is 2.07. The van der Waals surface area contributed by atoms with Crippen LogP contribution in [-0.2, 0) is 6.54 Å². The maximum Gasteiger partial charge on any atom is 0.120 e. The van der Waals surface area contributed by atoms with Crippen molar-refractivity contribution in [2.24, 2.45) is 0 Å². The number of aromatic hydroxyl groups is 1. The first-order chi connectivity index (χ1) is 6.18. The Bertz CT molecular complexity index is 330. The molecule has 2 N–H and O–H groups in total. The number of hydrogen-bond donors (Lipinski definition) is 2. The van der Waals surface area contributed by atoms with Crippen LogP contribution in [0, 0.1) is 0 Å². The fraction of sp³-hybridized carbons (Fsp3) is 0.400. The number of phenolic OH excluding ortho intramolecular Hbond substituents is 1. The van der Waals surface area contributed by atoms with Crippen LogP contribution in [0.4, 0.5) is 0 Å². The van der Waals surface area contributed by atoms with Gasteiger partial charge in [-0.1, -0.05) is 12.1 Å². The average molecular weight is 216 g/mol. The molecule has 4 heteroatoms. The lowest BCUT2D eigenvalue weighted by Crippen LogP contribution is -2.30. The largest absolute Gasteiger partial charge is 0.508 e. The highest BCUT2D eigenvalue weighted by Crippen LogP contribution is 2.31. The molecule has 0 aromatic heterocycles. The number of aliphatic hydroxyl groups excluding tert-OH is 1. The van der Waals surface area contributed by atoms with Crippen LogP contribution in [0.15, 0.2) is 18.2 Å². The summed E-state index contributed by atoms with van der Waals surface area (Å²) in [7, 11) is 1.93. The van der Waals surface area contributed by atoms with E-state index in [0.717, 1.165) is 11.1 Å². The van der Waals surface area contributed by atoms with E-state index in [0.29, 0.717) is 13.1 Å². The molecule has 1 aromatic rings. The third-order valence-corrected chi connectivity index (χ3v) is 2.46. The third kappa shape index (κ3) is 1.85. The minimum Gasteiger partial charge on any atom is -0.508 e. The molecule has 3 nitrogen and oxygen atoms in total. The molecule has 14 heavy (non-hydrogen) atoms. The van der Waals surface area contributed by atoms with Crippen LogP contribution in [0.2, 0.25) is 0 Å². The van der Waals surface area contributed by atoms with Crippen LogP contribution < -0.4 is 0 Å². The van der Waals surface area contributed by atoms with E-state index < -0.39 is 6.10 Å². The van der Waals surface area contributed by atoms with Gasteiger partial charge < -0.3 is 10.2 Å². The second-order valence-corrected chi connectivity index (χ2v) is 3.56. The van der Waals surface area contributed by atoms with Crippen molar-refractivity contribution in [1.29, 1.82) is 0 Å². The van der Waals surface area contributed by atoms with Crippen LogP contribution in [0.3, 0.4) is 0 Å². The van der Waals surface area contributed by atoms with Gasteiger partial charge in [0.05, 0.1) is 6.10 Å². The lowest BCUT2D eigenvalue weighted by Gasteiger charge is -2.29. The second-order valence-electron chi connectivity index (χ2n) is 3.56. The van der Waals surface area contributed by atoms with Crippen molar-refractivity contribution in [2.75, 3.05) is 13.6 Å². The Kier molecular flexibility index (Phi) is 3.37. The SMILES string of the molecule is CN1Cc2c(O)cccc2C(O)C1.Cl. The van der Waals surface area contributed by atoms with Gasteiger partial charge in [-0.15, -0.1) is 12.4 Å². The summed E-state index contributed by atoms with van der Waals surface area (Å²) in [5.74, 6) is 0.281. The predicted molar refractivity (Wildman–Crippen MR) is 56.6 cm³/mol. The van der Waals surface area contributed by atoms with Crippen molar-refractivity contribution >= 4 is 12.4 Å². The maximum absolute atomic E-state index is 9.70. The summed E-state index contributed by atoms with van der Waals surface area (Å²) in [4.78, 5) is 1.99. The molecule has 0 bridgehead atoms. The molecule has 1 aromatic carbocycles. The van der Waals surface area contributed by atoms with Crippen LogP contribution >= 0.6 is 12.4 Å². The van der Waals surface area contributed by atoms with E-state index in [1.807, 2.05) is 18.0 Å². The highest BCUT2D eigenvalue weighted by molar-refractivity contribution is 5.85. The molecule has 0 spiro atoms. The standard InChI is InChI=1S/C10H13NO2.ClH/c1-11-5-8-7(10(13)6-11)3-2-4-9(8)12;/h2-4,10,12-13H,5-6H2,1H3;1H. The molecule has 0 aliphatic carbocycles. The topological polar surface area (TPSA) is 43.7 Å². The van der Waals surface area contributed by atoms with E-state index >= 15 is 0 Å². The zero-order valence-electron chi connectivity index (χ0n) is 7.97. The van der Waals surface area contributed by atoms with Crippen molar-refractivity contribution in [3.8, 4) is 5.75 Å². The van der Waals surface area contributed by atoms with Gasteiger partial charge in [0, 0.05) is 18.7 Å². The summed E-state index contributed by atoms with van der Waals surface area (Å²) in [6.45, 7) is 1.34. The molecule has 1 heterocycles. The summed E-state index contributed by atoms with van der Waals surface area (Å²) >= 11 is 0. The molecule has 1 unspecified atom stereocenters. The molecule has 0 amide bonds. The first-order valence-corrected chi connectivity index (χ1v) is 4.36. The van der Waals surface area contributed by atoms with Crippen molar-refractivity contribution in [3.63, 3.8) is 0 Å². The Hall–Kier alpha value is -0.770. The van der Waals surface area contributed by atoms with Crippen molar-refractivity contribution in [1.82, 2.24) is 4.90 Å². The molecule has 0 radical (unpaired) electrons. The molecule has 1 aliphatic heterocycles. The molecular formula is C10H14ClNO2. The summed E-state index contributed by atoms with van der Waals surface area (Å²) in [6.07, 6.45) is -0.471. The van der Waals surface area contributed by atoms with E-state index in [-0.39, 0.29) is 18.2 Å². The van der Waals surface area contributed by atoms with E-state index in [9.17, 15) is 10.2 Å². The normalized spacial score (nSPS) is 21.1. The van der Waals surface area contributed by atoms with Gasteiger partial charge in [-0.05, 0) is 18.7 Å². The number of halogens is 1. The Morgan fingerprint density at radius 3 is 2.86 bits per heavy atom. The van der Waals surface area contributed by atoms with Crippen LogP contribution in [0.5, 0.6) is 5.75 Å². The van der Waals surface area contributed by atoms with Crippen molar-refractivity contribution in [3.05, 3.63) is 29.3 Å². The molecule has 0 saturated heterocycles. The monoisotopic (exact) mass is 215 g/mol. The summed E-state index contributed by atoms with van der Waals surface area (Å²) in [6, 6.07) is 5.29. The molecule has 78 valence electrons. The number of likely N-dealkylation sites (N-methyl/N-ethyl adjacent to an activating group) is 1. The number of fused-ring (bicyclic) bond motifs is 1. The minimum absolute atomic E-state index is 0. The first-order valence-electron chi connectivity index (χ1n) is 4.36. The second kappa shape index (κ2) is 4.17. The molecular weight excluding hydrogens is 202 g/mol. The number of rotatable bonds is 0. The Balaban J connectivity index is 0.000000980. The van der Waals surface area contributed by atoms with Gasteiger partial charge in [0.15, 0.2) is 0 Å². The number of phenols is 1. The number of benzene rings is 1. The Morgan fingerprint density at radius 2 is 2.14 bits per heavy atom. The molecule has 1 atom stereocenters. The van der Waals surface area contributed by atoms with Crippen LogP contribution in [0.1, 0.15) is 17.2 Å². The van der Waals surface area contributed by atoms with Gasteiger partial charge in [0.1, 0.15) is 5.75 Å². The van der Waals surface area contributed by atoms with Gasteiger partial charge >= 0.3 is 0 Å². The smallest absolute Gasteiger partial charge is 0.120 e. The molecule has 0 fully saturated rings. The molecule has 2 rings (SSSR count). The number of nitrogens with zero attached hydrogens (tertiary/aromatic N) is 1. The zero-order chi connectivity index (χ0) is 9.42. The van der Waals surface area contributed by atoms with Gasteiger partial charge in [0.25, 0.3) is 0 Å². The predicted octanol–water partition coefficient (Wildman–Crippen LogP) is 1.29. The first kappa shape index (κ1) is 11.3. The summed E-state index contributed by atoms with van der Waals surface area (Å²) in [5, 5.41) is 19.3. The fourth-order valence-electron chi connectivity index (χ4n) is 1.80. The number of hydrogen-bond acceptors (Lipinski definition) is 3. The highest BCUT2D eigenvalue weighted by atomic mass is 35.5. The molecule has 0 saturated carbocycles. The van der Waals surface area contributed by atoms with E-state index in [1.165, 1.54) is 0 Å². The Morgan fingerprint density at radius 1 is 1.43 bits per heavy atom. The minimum atomic E-state index is -0.471. The van der Waals surface area contributed by atoms with Gasteiger partial charge in [-0.2, -0.15) is 0 Å². The number of aliphatic hydroxyl groups is 1. The van der Waals surface area contributed by atoms with E-state index in [4.69, 9.17) is 0 Å². The fourth-order valence-corrected chi connectivity index (χ4v) is 1.80. The van der Waals surface area contributed by atoms with Crippen LogP contribution in [0.25, 0.3) is 0 Å². The van der Waals surface area contributed by atoms with E-state index in [2.05, 4.69) is 0 Å². The van der Waals surface area contributed by atoms with Gasteiger partial charge in [0.2, 0.25) is 0 Å². The number of β-amino-alcohol motifs (C(OH)–C–C–N with tert-alkyl or cyclic N) is 1. The summed E-state index contributed by atoms with van der Waals surface area (Å²) < 4.78 is 0. The van der Waals surface area contributed by atoms with E-state index in [1.54, 1.807) is 12.1 Å². The maximum atomic E-state index is 9.70. The van der Waals surface area contributed by atoms with Crippen LogP contribution in [-0.4, -0.2) is 28.7 Å². The zero-order valence-corrected chi connectivity index (χ0v) is 8.79.